The zero-order valence-corrected chi connectivity index (χ0v) is 13.5. The third-order valence-electron chi connectivity index (χ3n) is 5.33. The van der Waals surface area contributed by atoms with Gasteiger partial charge in [0.15, 0.2) is 0 Å². The first-order valence-electron chi connectivity index (χ1n) is 8.13. The van der Waals surface area contributed by atoms with Gasteiger partial charge in [-0.15, -0.1) is 0 Å². The van der Waals surface area contributed by atoms with Crippen LogP contribution in [0, 0.1) is 23.7 Å². The fraction of sp³-hybridized carbons (Fsp3) is 0.824. The second-order valence-corrected chi connectivity index (χ2v) is 6.78. The van der Waals surface area contributed by atoms with Crippen molar-refractivity contribution in [1.29, 1.82) is 0 Å². The van der Waals surface area contributed by atoms with Gasteiger partial charge in [-0.1, -0.05) is 6.58 Å². The van der Waals surface area contributed by atoms with E-state index in [2.05, 4.69) is 16.1 Å². The molecule has 3 aliphatic rings. The van der Waals surface area contributed by atoms with Crippen molar-refractivity contribution in [2.24, 2.45) is 23.7 Å². The van der Waals surface area contributed by atoms with Gasteiger partial charge in [-0.25, -0.2) is 4.79 Å². The number of aliphatic hydroxyl groups is 2. The van der Waals surface area contributed by atoms with E-state index < -0.39 is 12.2 Å². The molecule has 0 radical (unpaired) electrons. The number of carbonyl (C=O) groups excluding carboxylic acids is 1. The van der Waals surface area contributed by atoms with E-state index in [9.17, 15) is 15.0 Å². The van der Waals surface area contributed by atoms with Crippen molar-refractivity contribution in [3.63, 3.8) is 0 Å². The van der Waals surface area contributed by atoms with E-state index >= 15 is 0 Å². The van der Waals surface area contributed by atoms with Crippen molar-refractivity contribution in [3.8, 4) is 0 Å². The Balaban J connectivity index is 0.000000165. The first-order valence-corrected chi connectivity index (χ1v) is 8.13. The molecule has 0 spiro atoms. The van der Waals surface area contributed by atoms with Crippen molar-refractivity contribution in [2.75, 3.05) is 20.3 Å². The summed E-state index contributed by atoms with van der Waals surface area (Å²) in [6, 6.07) is 0. The normalized spacial score (nSPS) is 38.2. The molecule has 5 heteroatoms. The summed E-state index contributed by atoms with van der Waals surface area (Å²) in [5, 5.41) is 19.3. The highest BCUT2D eigenvalue weighted by Gasteiger charge is 2.56. The minimum absolute atomic E-state index is 0.294. The molecule has 3 rings (SSSR count). The maximum Gasteiger partial charge on any atom is 0.333 e. The van der Waals surface area contributed by atoms with Gasteiger partial charge in [-0.05, 0) is 56.3 Å². The second-order valence-electron chi connectivity index (χ2n) is 6.78. The number of aliphatic hydroxyl groups excluding tert-OH is 2. The summed E-state index contributed by atoms with van der Waals surface area (Å²) in [6.07, 6.45) is 4.04. The van der Waals surface area contributed by atoms with Crippen LogP contribution >= 0.6 is 0 Å². The van der Waals surface area contributed by atoms with E-state index in [1.165, 1.54) is 19.3 Å². The van der Waals surface area contributed by atoms with E-state index in [1.807, 2.05) is 0 Å². The average Bonchev–Trinajstić information content (AvgIpc) is 3.15. The zero-order chi connectivity index (χ0) is 16.3. The van der Waals surface area contributed by atoms with Gasteiger partial charge in [0, 0.05) is 12.7 Å². The summed E-state index contributed by atoms with van der Waals surface area (Å²) in [7, 11) is 1.55. The van der Waals surface area contributed by atoms with Gasteiger partial charge in [-0.3, -0.25) is 0 Å². The Kier molecular flexibility index (Phi) is 6.01. The average molecular weight is 312 g/mol. The van der Waals surface area contributed by atoms with Crippen LogP contribution in [0.5, 0.6) is 0 Å². The van der Waals surface area contributed by atoms with Gasteiger partial charge in [0.1, 0.15) is 6.61 Å². The molecule has 0 aromatic carbocycles. The zero-order valence-electron chi connectivity index (χ0n) is 13.5. The lowest BCUT2D eigenvalue weighted by molar-refractivity contribution is -0.140. The molecule has 3 fully saturated rings. The van der Waals surface area contributed by atoms with E-state index in [0.717, 1.165) is 18.3 Å². The highest BCUT2D eigenvalue weighted by atomic mass is 16.6. The Labute approximate surface area is 132 Å². The lowest BCUT2D eigenvalue weighted by atomic mass is 9.81. The van der Waals surface area contributed by atoms with Crippen LogP contribution in [0.1, 0.15) is 32.6 Å². The highest BCUT2D eigenvalue weighted by molar-refractivity contribution is 5.86. The van der Waals surface area contributed by atoms with Crippen molar-refractivity contribution >= 4 is 5.97 Å². The molecule has 3 aliphatic carbocycles. The fourth-order valence-corrected chi connectivity index (χ4v) is 4.35. The van der Waals surface area contributed by atoms with Gasteiger partial charge >= 0.3 is 5.97 Å². The molecule has 3 saturated carbocycles. The first kappa shape index (κ1) is 17.4. The Morgan fingerprint density at radius 3 is 2.45 bits per heavy atom. The number of ether oxygens (including phenoxy) is 2. The van der Waals surface area contributed by atoms with Gasteiger partial charge in [0.2, 0.25) is 0 Å². The molecule has 0 saturated heterocycles. The maximum absolute atomic E-state index is 10.6. The summed E-state index contributed by atoms with van der Waals surface area (Å²) in [5.74, 6) is 2.34. The molecule has 22 heavy (non-hydrogen) atoms. The number of carbonyl (C=O) groups is 1. The summed E-state index contributed by atoms with van der Waals surface area (Å²) >= 11 is 0. The van der Waals surface area contributed by atoms with E-state index in [-0.39, 0.29) is 5.97 Å². The Morgan fingerprint density at radius 2 is 1.86 bits per heavy atom. The molecule has 2 N–H and O–H groups in total. The molecule has 2 bridgehead atoms. The SMILES string of the molecule is C=C(C)C(=O)OCCOC.OC1CC2C3CCC(C3)C2C1O. The fourth-order valence-electron chi connectivity index (χ4n) is 4.35. The number of fused-ring (bicyclic) bond motifs is 5. The molecular weight excluding hydrogens is 284 g/mol. The van der Waals surface area contributed by atoms with Gasteiger partial charge in [0.25, 0.3) is 0 Å². The number of esters is 1. The number of methoxy groups -OCH3 is 1. The van der Waals surface area contributed by atoms with Gasteiger partial charge in [0.05, 0.1) is 18.8 Å². The first-order chi connectivity index (χ1) is 10.5. The van der Waals surface area contributed by atoms with E-state index in [0.29, 0.717) is 30.6 Å². The van der Waals surface area contributed by atoms with Crippen molar-refractivity contribution < 1.29 is 24.5 Å². The predicted molar refractivity (Wildman–Crippen MR) is 82.1 cm³/mol. The van der Waals surface area contributed by atoms with Crippen LogP contribution in [-0.4, -0.2) is 48.7 Å². The lowest BCUT2D eigenvalue weighted by Gasteiger charge is -2.25. The van der Waals surface area contributed by atoms with Gasteiger partial charge in [-0.2, -0.15) is 0 Å². The van der Waals surface area contributed by atoms with Crippen molar-refractivity contribution in [1.82, 2.24) is 0 Å². The van der Waals surface area contributed by atoms with Crippen LogP contribution in [0.3, 0.4) is 0 Å². The van der Waals surface area contributed by atoms with Crippen LogP contribution in [0.4, 0.5) is 0 Å². The third kappa shape index (κ3) is 3.70. The van der Waals surface area contributed by atoms with Crippen molar-refractivity contribution in [3.05, 3.63) is 12.2 Å². The molecule has 0 aromatic heterocycles. The summed E-state index contributed by atoms with van der Waals surface area (Å²) < 4.78 is 9.35. The Bertz CT molecular complexity index is 406. The largest absolute Gasteiger partial charge is 0.460 e. The molecule has 5 nitrogen and oxygen atoms in total. The molecule has 0 aromatic rings. The monoisotopic (exact) mass is 312 g/mol. The minimum atomic E-state index is -0.414. The summed E-state index contributed by atoms with van der Waals surface area (Å²) in [5.41, 5.74) is 0.413. The molecular formula is C17H28O5. The molecule has 126 valence electrons. The smallest absolute Gasteiger partial charge is 0.333 e. The third-order valence-corrected chi connectivity index (χ3v) is 5.33. The summed E-state index contributed by atoms with van der Waals surface area (Å²) in [4.78, 5) is 10.6. The number of hydrogen-bond donors (Lipinski definition) is 2. The summed E-state index contributed by atoms with van der Waals surface area (Å²) in [6.45, 7) is 5.75. The molecule has 0 heterocycles. The van der Waals surface area contributed by atoms with E-state index in [4.69, 9.17) is 0 Å². The topological polar surface area (TPSA) is 76.0 Å². The van der Waals surface area contributed by atoms with Crippen molar-refractivity contribution in [2.45, 2.75) is 44.8 Å². The minimum Gasteiger partial charge on any atom is -0.460 e. The number of hydrogen-bond acceptors (Lipinski definition) is 5. The lowest BCUT2D eigenvalue weighted by Crippen LogP contribution is -2.29. The second kappa shape index (κ2) is 7.57. The molecule has 6 atom stereocenters. The standard InChI is InChI=1S/C10H16O2.C7H12O3/c11-8-4-7-5-1-2-6(3-5)9(7)10(8)12;1-6(2)7(8)10-5-4-9-3/h5-12H,1-4H2;1,4-5H2,2-3H3. The van der Waals surface area contributed by atoms with Crippen LogP contribution in [-0.2, 0) is 14.3 Å². The van der Waals surface area contributed by atoms with Crippen LogP contribution in [0.25, 0.3) is 0 Å². The predicted octanol–water partition coefficient (Wildman–Crippen LogP) is 1.53. The van der Waals surface area contributed by atoms with Crippen LogP contribution in [0.15, 0.2) is 12.2 Å². The quantitative estimate of drug-likeness (QED) is 0.468. The number of rotatable bonds is 4. The van der Waals surface area contributed by atoms with Crippen LogP contribution < -0.4 is 0 Å². The molecule has 0 aliphatic heterocycles. The highest BCUT2D eigenvalue weighted by Crippen LogP contribution is 2.58. The van der Waals surface area contributed by atoms with E-state index in [1.54, 1.807) is 14.0 Å². The van der Waals surface area contributed by atoms with Gasteiger partial charge < -0.3 is 19.7 Å². The molecule has 6 unspecified atom stereocenters. The van der Waals surface area contributed by atoms with Crippen LogP contribution in [0.2, 0.25) is 0 Å². The maximum atomic E-state index is 10.6. The Hall–Kier alpha value is -0.910. The molecule has 0 amide bonds. The Morgan fingerprint density at radius 1 is 1.18 bits per heavy atom.